The SMILES string of the molecule is CC(C)=C[C@@H]([C@@H](O)C(C)C)C(C)(C)C. The standard InChI is InChI=1S/C13H26O/c1-9(2)8-11(13(5,6)7)12(14)10(3)4/h8,10-12,14H,1-7H3/t11-,12-/m0/s1. The molecule has 0 rings (SSSR count). The largest absolute Gasteiger partial charge is 0.392 e. The van der Waals surface area contributed by atoms with Crippen LogP contribution in [0.15, 0.2) is 11.6 Å². The van der Waals surface area contributed by atoms with Crippen LogP contribution in [-0.4, -0.2) is 11.2 Å². The van der Waals surface area contributed by atoms with Gasteiger partial charge in [0.05, 0.1) is 6.10 Å². The second-order valence-electron chi connectivity index (χ2n) is 5.87. The van der Waals surface area contributed by atoms with Crippen molar-refractivity contribution < 1.29 is 5.11 Å². The van der Waals surface area contributed by atoms with Crippen LogP contribution in [0.3, 0.4) is 0 Å². The maximum absolute atomic E-state index is 10.1. The molecule has 0 saturated carbocycles. The Kier molecular flexibility index (Phi) is 4.87. The normalized spacial score (nSPS) is 16.6. The molecule has 0 heterocycles. The zero-order valence-corrected chi connectivity index (χ0v) is 10.8. The smallest absolute Gasteiger partial charge is 0.0630 e. The van der Waals surface area contributed by atoms with Crippen LogP contribution in [0.4, 0.5) is 0 Å². The molecular formula is C13H26O. The Bertz CT molecular complexity index is 192. The summed E-state index contributed by atoms with van der Waals surface area (Å²) in [7, 11) is 0. The van der Waals surface area contributed by atoms with E-state index in [9.17, 15) is 5.11 Å². The molecule has 0 radical (unpaired) electrons. The first-order valence-electron chi connectivity index (χ1n) is 5.49. The van der Waals surface area contributed by atoms with Crippen molar-refractivity contribution in [2.75, 3.05) is 0 Å². The van der Waals surface area contributed by atoms with E-state index in [0.717, 1.165) is 0 Å². The third kappa shape index (κ3) is 4.28. The van der Waals surface area contributed by atoms with Crippen molar-refractivity contribution in [2.24, 2.45) is 17.3 Å². The second kappa shape index (κ2) is 4.97. The van der Waals surface area contributed by atoms with Gasteiger partial charge in [-0.25, -0.2) is 0 Å². The van der Waals surface area contributed by atoms with Crippen LogP contribution in [0.1, 0.15) is 48.5 Å². The molecule has 0 unspecified atom stereocenters. The van der Waals surface area contributed by atoms with E-state index >= 15 is 0 Å². The molecule has 0 aliphatic carbocycles. The third-order valence-corrected chi connectivity index (χ3v) is 2.56. The highest BCUT2D eigenvalue weighted by atomic mass is 16.3. The van der Waals surface area contributed by atoms with Gasteiger partial charge in [0.15, 0.2) is 0 Å². The van der Waals surface area contributed by atoms with E-state index in [1.54, 1.807) is 0 Å². The van der Waals surface area contributed by atoms with Crippen molar-refractivity contribution in [3.05, 3.63) is 11.6 Å². The van der Waals surface area contributed by atoms with E-state index in [1.165, 1.54) is 5.57 Å². The molecule has 2 atom stereocenters. The number of aliphatic hydroxyl groups is 1. The summed E-state index contributed by atoms with van der Waals surface area (Å²) in [6, 6.07) is 0. The zero-order valence-electron chi connectivity index (χ0n) is 10.8. The lowest BCUT2D eigenvalue weighted by Crippen LogP contribution is -2.34. The maximum atomic E-state index is 10.1. The number of hydrogen-bond acceptors (Lipinski definition) is 1. The van der Waals surface area contributed by atoms with Crippen molar-refractivity contribution in [1.82, 2.24) is 0 Å². The fourth-order valence-electron chi connectivity index (χ4n) is 1.63. The van der Waals surface area contributed by atoms with Crippen molar-refractivity contribution in [3.63, 3.8) is 0 Å². The fourth-order valence-corrected chi connectivity index (χ4v) is 1.63. The first-order chi connectivity index (χ1) is 6.16. The minimum Gasteiger partial charge on any atom is -0.392 e. The Labute approximate surface area is 89.2 Å². The number of allylic oxidation sites excluding steroid dienone is 1. The predicted octanol–water partition coefficient (Wildman–Crippen LogP) is 3.63. The summed E-state index contributed by atoms with van der Waals surface area (Å²) >= 11 is 0. The molecule has 0 amide bonds. The van der Waals surface area contributed by atoms with E-state index in [0.29, 0.717) is 5.92 Å². The quantitative estimate of drug-likeness (QED) is 0.687. The van der Waals surface area contributed by atoms with Crippen LogP contribution in [0.25, 0.3) is 0 Å². The molecule has 0 bridgehead atoms. The van der Waals surface area contributed by atoms with Gasteiger partial charge in [0.2, 0.25) is 0 Å². The molecule has 0 aromatic heterocycles. The van der Waals surface area contributed by atoms with Gasteiger partial charge in [0.1, 0.15) is 0 Å². The molecule has 0 aliphatic heterocycles. The molecule has 0 aromatic rings. The lowest BCUT2D eigenvalue weighted by atomic mass is 9.74. The maximum Gasteiger partial charge on any atom is 0.0630 e. The van der Waals surface area contributed by atoms with Crippen molar-refractivity contribution in [1.29, 1.82) is 0 Å². The Balaban J connectivity index is 4.83. The van der Waals surface area contributed by atoms with Gasteiger partial charge in [-0.3, -0.25) is 0 Å². The monoisotopic (exact) mass is 198 g/mol. The van der Waals surface area contributed by atoms with Gasteiger partial charge in [-0.2, -0.15) is 0 Å². The van der Waals surface area contributed by atoms with Crippen LogP contribution >= 0.6 is 0 Å². The molecule has 1 N–H and O–H groups in total. The van der Waals surface area contributed by atoms with E-state index < -0.39 is 0 Å². The predicted molar refractivity (Wildman–Crippen MR) is 63.2 cm³/mol. The minimum atomic E-state index is -0.245. The van der Waals surface area contributed by atoms with Gasteiger partial charge in [0.25, 0.3) is 0 Å². The van der Waals surface area contributed by atoms with Crippen molar-refractivity contribution >= 4 is 0 Å². The number of hydrogen-bond donors (Lipinski definition) is 1. The lowest BCUT2D eigenvalue weighted by Gasteiger charge is -2.34. The van der Waals surface area contributed by atoms with Crippen LogP contribution < -0.4 is 0 Å². The van der Waals surface area contributed by atoms with Crippen molar-refractivity contribution in [3.8, 4) is 0 Å². The molecule has 0 spiro atoms. The van der Waals surface area contributed by atoms with Crippen molar-refractivity contribution in [2.45, 2.75) is 54.6 Å². The zero-order chi connectivity index (χ0) is 11.5. The van der Waals surface area contributed by atoms with Gasteiger partial charge < -0.3 is 5.11 Å². The lowest BCUT2D eigenvalue weighted by molar-refractivity contribution is 0.0356. The first kappa shape index (κ1) is 13.7. The van der Waals surface area contributed by atoms with Gasteiger partial charge >= 0.3 is 0 Å². The van der Waals surface area contributed by atoms with Gasteiger partial charge in [-0.1, -0.05) is 46.3 Å². The van der Waals surface area contributed by atoms with Crippen LogP contribution in [-0.2, 0) is 0 Å². The molecule has 0 fully saturated rings. The highest BCUT2D eigenvalue weighted by molar-refractivity contribution is 5.03. The van der Waals surface area contributed by atoms with Gasteiger partial charge in [0, 0.05) is 5.92 Å². The highest BCUT2D eigenvalue weighted by Gasteiger charge is 2.30. The molecule has 1 nitrogen and oxygen atoms in total. The Morgan fingerprint density at radius 2 is 1.57 bits per heavy atom. The summed E-state index contributed by atoms with van der Waals surface area (Å²) < 4.78 is 0. The summed E-state index contributed by atoms with van der Waals surface area (Å²) in [6.07, 6.45) is 1.95. The van der Waals surface area contributed by atoms with Gasteiger partial charge in [-0.15, -0.1) is 0 Å². The molecule has 14 heavy (non-hydrogen) atoms. The van der Waals surface area contributed by atoms with E-state index in [2.05, 4.69) is 54.5 Å². The van der Waals surface area contributed by atoms with Gasteiger partial charge in [-0.05, 0) is 25.2 Å². The average molecular weight is 198 g/mol. The molecule has 0 aromatic carbocycles. The summed E-state index contributed by atoms with van der Waals surface area (Å²) in [5, 5.41) is 10.1. The average Bonchev–Trinajstić information content (AvgIpc) is 1.96. The third-order valence-electron chi connectivity index (χ3n) is 2.56. The summed E-state index contributed by atoms with van der Waals surface area (Å²) in [5.74, 6) is 0.558. The van der Waals surface area contributed by atoms with E-state index in [4.69, 9.17) is 0 Å². The number of rotatable bonds is 3. The Hall–Kier alpha value is -0.300. The minimum absolute atomic E-state index is 0.126. The highest BCUT2D eigenvalue weighted by Crippen LogP contribution is 2.33. The molecule has 0 aliphatic rings. The van der Waals surface area contributed by atoms with E-state index in [-0.39, 0.29) is 17.4 Å². The van der Waals surface area contributed by atoms with Crippen LogP contribution in [0.2, 0.25) is 0 Å². The molecule has 84 valence electrons. The Morgan fingerprint density at radius 3 is 1.79 bits per heavy atom. The second-order valence-corrected chi connectivity index (χ2v) is 5.87. The Morgan fingerprint density at radius 1 is 1.14 bits per heavy atom. The van der Waals surface area contributed by atoms with Crippen LogP contribution in [0.5, 0.6) is 0 Å². The summed E-state index contributed by atoms with van der Waals surface area (Å²) in [4.78, 5) is 0. The summed E-state index contributed by atoms with van der Waals surface area (Å²) in [5.41, 5.74) is 1.41. The molecular weight excluding hydrogens is 172 g/mol. The molecule has 1 heteroatoms. The topological polar surface area (TPSA) is 20.2 Å². The van der Waals surface area contributed by atoms with Crippen LogP contribution in [0, 0.1) is 17.3 Å². The molecule has 0 saturated heterocycles. The van der Waals surface area contributed by atoms with E-state index in [1.807, 2.05) is 0 Å². The first-order valence-corrected chi connectivity index (χ1v) is 5.49. The summed E-state index contributed by atoms with van der Waals surface area (Å²) in [6.45, 7) is 14.9. The number of aliphatic hydroxyl groups excluding tert-OH is 1. The fraction of sp³-hybridized carbons (Fsp3) is 0.846.